The summed E-state index contributed by atoms with van der Waals surface area (Å²) in [5.74, 6) is 1.43. The van der Waals surface area contributed by atoms with E-state index < -0.39 is 0 Å². The summed E-state index contributed by atoms with van der Waals surface area (Å²) in [4.78, 5) is 15.4. The largest absolute Gasteiger partial charge is 0.497 e. The van der Waals surface area contributed by atoms with Gasteiger partial charge in [0.2, 0.25) is 0 Å². The number of aliphatic imine (C=N–C) groups is 1. The van der Waals surface area contributed by atoms with E-state index in [0.29, 0.717) is 19.0 Å². The van der Waals surface area contributed by atoms with E-state index in [4.69, 9.17) is 14.5 Å². The maximum absolute atomic E-state index is 10.7. The molecule has 6 nitrogen and oxygen atoms in total. The smallest absolute Gasteiger partial charge is 0.149 e. The molecule has 1 heterocycles. The molecule has 0 bridgehead atoms. The SMILES string of the molecule is COc1ccc2c(c1)CCC21COCC(N(C)N=O)=N1. The van der Waals surface area contributed by atoms with Crippen LogP contribution in [0.5, 0.6) is 5.75 Å². The van der Waals surface area contributed by atoms with Gasteiger partial charge in [-0.25, -0.2) is 5.01 Å². The van der Waals surface area contributed by atoms with Crippen molar-refractivity contribution in [2.24, 2.45) is 10.3 Å². The van der Waals surface area contributed by atoms with Gasteiger partial charge in [0, 0.05) is 7.05 Å². The lowest BCUT2D eigenvalue weighted by Crippen LogP contribution is -2.39. The fourth-order valence-corrected chi connectivity index (χ4v) is 2.94. The minimum atomic E-state index is -0.381. The van der Waals surface area contributed by atoms with Crippen molar-refractivity contribution in [3.8, 4) is 5.75 Å². The third kappa shape index (κ3) is 1.96. The summed E-state index contributed by atoms with van der Waals surface area (Å²) in [5, 5.41) is 4.14. The number of rotatable bonds is 2. The van der Waals surface area contributed by atoms with Crippen molar-refractivity contribution in [2.45, 2.75) is 18.4 Å². The molecule has 20 heavy (non-hydrogen) atoms. The van der Waals surface area contributed by atoms with Gasteiger partial charge in [0.1, 0.15) is 23.7 Å². The maximum Gasteiger partial charge on any atom is 0.149 e. The van der Waals surface area contributed by atoms with Crippen LogP contribution >= 0.6 is 0 Å². The van der Waals surface area contributed by atoms with Crippen LogP contribution in [0.4, 0.5) is 0 Å². The highest BCUT2D eigenvalue weighted by Gasteiger charge is 2.42. The van der Waals surface area contributed by atoms with Crippen molar-refractivity contribution in [1.29, 1.82) is 0 Å². The first-order chi connectivity index (χ1) is 9.68. The summed E-state index contributed by atoms with van der Waals surface area (Å²) >= 11 is 0. The van der Waals surface area contributed by atoms with Gasteiger partial charge < -0.3 is 9.47 Å². The molecule has 1 aromatic carbocycles. The highest BCUT2D eigenvalue weighted by Crippen LogP contribution is 2.43. The van der Waals surface area contributed by atoms with Crippen LogP contribution in [-0.4, -0.2) is 38.2 Å². The van der Waals surface area contributed by atoms with Gasteiger partial charge in [0.05, 0.1) is 19.0 Å². The van der Waals surface area contributed by atoms with Crippen molar-refractivity contribution in [3.63, 3.8) is 0 Å². The van der Waals surface area contributed by atoms with Crippen LogP contribution in [0.1, 0.15) is 17.5 Å². The summed E-state index contributed by atoms with van der Waals surface area (Å²) < 4.78 is 10.9. The molecule has 6 heteroatoms. The van der Waals surface area contributed by atoms with E-state index in [-0.39, 0.29) is 5.54 Å². The fourth-order valence-electron chi connectivity index (χ4n) is 2.94. The average Bonchev–Trinajstić information content (AvgIpc) is 2.84. The zero-order valence-corrected chi connectivity index (χ0v) is 11.6. The molecule has 0 saturated heterocycles. The van der Waals surface area contributed by atoms with E-state index in [1.165, 1.54) is 10.6 Å². The number of nitrogens with zero attached hydrogens (tertiary/aromatic N) is 3. The molecule has 0 aromatic heterocycles. The molecular formula is C14H17N3O3. The predicted octanol–water partition coefficient (Wildman–Crippen LogP) is 1.88. The van der Waals surface area contributed by atoms with E-state index in [1.807, 2.05) is 12.1 Å². The van der Waals surface area contributed by atoms with Crippen LogP contribution < -0.4 is 4.74 Å². The van der Waals surface area contributed by atoms with Gasteiger partial charge in [-0.1, -0.05) is 6.07 Å². The highest BCUT2D eigenvalue weighted by molar-refractivity contribution is 5.84. The lowest BCUT2D eigenvalue weighted by molar-refractivity contribution is 0.0906. The molecule has 1 spiro atoms. The molecule has 0 amide bonds. The van der Waals surface area contributed by atoms with Gasteiger partial charge in [-0.15, -0.1) is 4.91 Å². The highest BCUT2D eigenvalue weighted by atomic mass is 16.5. The second kappa shape index (κ2) is 4.86. The lowest BCUT2D eigenvalue weighted by Gasteiger charge is -2.32. The molecule has 1 aliphatic carbocycles. The van der Waals surface area contributed by atoms with Crippen molar-refractivity contribution in [3.05, 3.63) is 34.2 Å². The Bertz CT molecular complexity index is 573. The van der Waals surface area contributed by atoms with Gasteiger partial charge >= 0.3 is 0 Å². The zero-order valence-electron chi connectivity index (χ0n) is 11.6. The average molecular weight is 275 g/mol. The number of nitroso groups, excluding NO2 is 1. The number of methoxy groups -OCH3 is 1. The molecule has 0 N–H and O–H groups in total. The lowest BCUT2D eigenvalue weighted by atomic mass is 9.92. The molecule has 1 aromatic rings. The Labute approximate surface area is 117 Å². The number of hydrogen-bond acceptors (Lipinski definition) is 5. The predicted molar refractivity (Wildman–Crippen MR) is 74.8 cm³/mol. The first-order valence-electron chi connectivity index (χ1n) is 6.59. The van der Waals surface area contributed by atoms with Crippen molar-refractivity contribution >= 4 is 5.84 Å². The number of benzene rings is 1. The normalized spacial score (nSPS) is 24.2. The molecule has 1 atom stereocenters. The Kier molecular flexibility index (Phi) is 3.17. The molecule has 2 aliphatic rings. The van der Waals surface area contributed by atoms with Crippen molar-refractivity contribution in [2.75, 3.05) is 27.4 Å². The summed E-state index contributed by atoms with van der Waals surface area (Å²) in [6, 6.07) is 6.04. The number of likely N-dealkylation sites (N-methyl/N-ethyl adjacent to an activating group) is 1. The monoisotopic (exact) mass is 275 g/mol. The quantitative estimate of drug-likeness (QED) is 0.610. The Morgan fingerprint density at radius 3 is 3.10 bits per heavy atom. The Morgan fingerprint density at radius 1 is 1.50 bits per heavy atom. The molecular weight excluding hydrogens is 258 g/mol. The second-order valence-corrected chi connectivity index (χ2v) is 5.18. The first kappa shape index (κ1) is 13.1. The Balaban J connectivity index is 2.02. The minimum absolute atomic E-state index is 0.329. The summed E-state index contributed by atoms with van der Waals surface area (Å²) in [7, 11) is 3.26. The van der Waals surface area contributed by atoms with Crippen molar-refractivity contribution < 1.29 is 9.47 Å². The summed E-state index contributed by atoms with van der Waals surface area (Å²) in [6.45, 7) is 0.873. The Hall–Kier alpha value is -1.95. The van der Waals surface area contributed by atoms with Crippen LogP contribution in [0.15, 0.2) is 28.5 Å². The van der Waals surface area contributed by atoms with Crippen LogP contribution in [0.3, 0.4) is 0 Å². The third-order valence-electron chi connectivity index (χ3n) is 4.03. The van der Waals surface area contributed by atoms with Gasteiger partial charge in [0.15, 0.2) is 0 Å². The summed E-state index contributed by atoms with van der Waals surface area (Å²) in [6.07, 6.45) is 1.82. The first-order valence-corrected chi connectivity index (χ1v) is 6.59. The van der Waals surface area contributed by atoms with Crippen LogP contribution in [0, 0.1) is 4.91 Å². The van der Waals surface area contributed by atoms with Gasteiger partial charge in [-0.2, -0.15) is 0 Å². The Morgan fingerprint density at radius 2 is 2.35 bits per heavy atom. The number of aryl methyl sites for hydroxylation is 1. The number of hydrogen-bond donors (Lipinski definition) is 0. The van der Waals surface area contributed by atoms with Crippen LogP contribution in [0.25, 0.3) is 0 Å². The number of fused-ring (bicyclic) bond motifs is 2. The topological polar surface area (TPSA) is 63.5 Å². The van der Waals surface area contributed by atoms with E-state index in [0.717, 1.165) is 24.2 Å². The molecule has 1 aliphatic heterocycles. The molecule has 0 saturated carbocycles. The van der Waals surface area contributed by atoms with Crippen LogP contribution in [-0.2, 0) is 16.7 Å². The van der Waals surface area contributed by atoms with Crippen molar-refractivity contribution in [1.82, 2.24) is 5.01 Å². The van der Waals surface area contributed by atoms with E-state index in [9.17, 15) is 4.91 Å². The van der Waals surface area contributed by atoms with Gasteiger partial charge in [0.25, 0.3) is 0 Å². The molecule has 1 unspecified atom stereocenters. The molecule has 106 valence electrons. The van der Waals surface area contributed by atoms with E-state index >= 15 is 0 Å². The fraction of sp³-hybridized carbons (Fsp3) is 0.500. The summed E-state index contributed by atoms with van der Waals surface area (Å²) in [5.41, 5.74) is 2.02. The zero-order chi connectivity index (χ0) is 14.2. The number of amidine groups is 1. The van der Waals surface area contributed by atoms with E-state index in [2.05, 4.69) is 11.4 Å². The standard InChI is InChI=1S/C14H17N3O3/c1-17(16-18)13-8-20-9-14(15-13)6-5-10-7-11(19-2)3-4-12(10)14/h3-4,7H,5-6,8-9H2,1-2H3. The molecule has 3 rings (SSSR count). The minimum Gasteiger partial charge on any atom is -0.497 e. The van der Waals surface area contributed by atoms with Gasteiger partial charge in [-0.05, 0) is 36.1 Å². The van der Waals surface area contributed by atoms with Crippen LogP contribution in [0.2, 0.25) is 0 Å². The molecule has 0 fully saturated rings. The molecule has 0 radical (unpaired) electrons. The van der Waals surface area contributed by atoms with Gasteiger partial charge in [-0.3, -0.25) is 4.99 Å². The number of ether oxygens (including phenoxy) is 2. The second-order valence-electron chi connectivity index (χ2n) is 5.18. The third-order valence-corrected chi connectivity index (χ3v) is 4.03. The van der Waals surface area contributed by atoms with E-state index in [1.54, 1.807) is 14.2 Å². The maximum atomic E-state index is 10.7.